The molecular weight excluding hydrogens is 286 g/mol. The van der Waals surface area contributed by atoms with Gasteiger partial charge in [-0.2, -0.15) is 11.8 Å². The van der Waals surface area contributed by atoms with Crippen molar-refractivity contribution in [3.63, 3.8) is 0 Å². The summed E-state index contributed by atoms with van der Waals surface area (Å²) in [6.07, 6.45) is 3.45. The Labute approximate surface area is 129 Å². The fourth-order valence-corrected chi connectivity index (χ4v) is 2.72. The van der Waals surface area contributed by atoms with Gasteiger partial charge in [0.1, 0.15) is 11.8 Å². The van der Waals surface area contributed by atoms with E-state index in [1.54, 1.807) is 23.7 Å². The van der Waals surface area contributed by atoms with Gasteiger partial charge in [-0.15, -0.1) is 0 Å². The molecule has 6 heteroatoms. The second-order valence-corrected chi connectivity index (χ2v) is 6.05. The number of pyridine rings is 1. The van der Waals surface area contributed by atoms with Gasteiger partial charge in [-0.05, 0) is 37.5 Å². The normalized spacial score (nSPS) is 12.6. The number of carbonyl (C=O) groups is 1. The zero-order valence-corrected chi connectivity index (χ0v) is 13.4. The van der Waals surface area contributed by atoms with Gasteiger partial charge in [0.2, 0.25) is 0 Å². The molecule has 0 spiro atoms. The number of aryl methyl sites for hydroxylation is 1. The van der Waals surface area contributed by atoms with Crippen LogP contribution in [0.2, 0.25) is 0 Å². The average Bonchev–Trinajstić information content (AvgIpc) is 2.80. The zero-order chi connectivity index (χ0) is 15.4. The van der Waals surface area contributed by atoms with Crippen LogP contribution < -0.4 is 0 Å². The van der Waals surface area contributed by atoms with Crippen LogP contribution in [0, 0.1) is 6.92 Å². The number of amides is 1. The van der Waals surface area contributed by atoms with Crippen LogP contribution in [-0.4, -0.2) is 50.5 Å². The van der Waals surface area contributed by atoms with Crippen molar-refractivity contribution in [2.24, 2.45) is 0 Å². The molecule has 1 atom stereocenters. The fourth-order valence-electron chi connectivity index (χ4n) is 2.26. The Kier molecular flexibility index (Phi) is 5.25. The molecule has 0 saturated carbocycles. The van der Waals surface area contributed by atoms with Crippen LogP contribution in [0.5, 0.6) is 0 Å². The monoisotopic (exact) mass is 307 g/mol. The number of aromatic nitrogens is 2. The Bertz CT molecular complexity index is 626. The van der Waals surface area contributed by atoms with Gasteiger partial charge in [0.25, 0.3) is 5.91 Å². The molecule has 2 aromatic rings. The number of hydrogen-bond donors (Lipinski definition) is 1. The van der Waals surface area contributed by atoms with E-state index >= 15 is 0 Å². The molecule has 1 N–H and O–H groups in total. The fraction of sp³-hybridized carbons (Fsp3) is 0.467. The van der Waals surface area contributed by atoms with Crippen LogP contribution in [0.25, 0.3) is 5.65 Å². The molecule has 0 aliphatic rings. The summed E-state index contributed by atoms with van der Waals surface area (Å²) in [6.45, 7) is 2.37. The van der Waals surface area contributed by atoms with E-state index in [4.69, 9.17) is 0 Å². The smallest absolute Gasteiger partial charge is 0.251 e. The predicted molar refractivity (Wildman–Crippen MR) is 85.4 cm³/mol. The van der Waals surface area contributed by atoms with Crippen molar-refractivity contribution in [2.45, 2.75) is 26.0 Å². The first-order chi connectivity index (χ1) is 10.0. The first-order valence-electron chi connectivity index (χ1n) is 6.89. The van der Waals surface area contributed by atoms with Gasteiger partial charge in [0.15, 0.2) is 0 Å². The third-order valence-corrected chi connectivity index (χ3v) is 4.12. The van der Waals surface area contributed by atoms with Gasteiger partial charge >= 0.3 is 0 Å². The van der Waals surface area contributed by atoms with Crippen LogP contribution in [0.1, 0.15) is 17.8 Å². The second kappa shape index (κ2) is 6.95. The molecule has 0 unspecified atom stereocenters. The molecule has 2 aromatic heterocycles. The highest BCUT2D eigenvalue weighted by molar-refractivity contribution is 7.98. The lowest BCUT2D eigenvalue weighted by molar-refractivity contribution is -0.139. The Morgan fingerprint density at radius 2 is 2.29 bits per heavy atom. The number of likely N-dealkylation sites (N-methyl/N-ethyl adjacent to an activating group) is 1. The summed E-state index contributed by atoms with van der Waals surface area (Å²) in [5.74, 6) is 0.532. The Morgan fingerprint density at radius 3 is 3.00 bits per heavy atom. The van der Waals surface area contributed by atoms with E-state index in [9.17, 15) is 9.90 Å². The van der Waals surface area contributed by atoms with Crippen molar-refractivity contribution in [3.8, 4) is 0 Å². The first-order valence-corrected chi connectivity index (χ1v) is 8.28. The minimum absolute atomic E-state index is 0.241. The number of thioether (sulfide) groups is 1. The second-order valence-electron chi connectivity index (χ2n) is 5.06. The molecule has 0 saturated heterocycles. The summed E-state index contributed by atoms with van der Waals surface area (Å²) in [6, 6.07) is 5.81. The molecule has 0 aliphatic carbocycles. The summed E-state index contributed by atoms with van der Waals surface area (Å²) >= 11 is 1.62. The van der Waals surface area contributed by atoms with Crippen LogP contribution in [0.15, 0.2) is 24.4 Å². The van der Waals surface area contributed by atoms with E-state index in [1.165, 1.54) is 0 Å². The molecule has 0 aromatic carbocycles. The van der Waals surface area contributed by atoms with Crippen LogP contribution in [-0.2, 0) is 11.3 Å². The minimum Gasteiger partial charge on any atom is -0.383 e. The van der Waals surface area contributed by atoms with Gasteiger partial charge in [-0.25, -0.2) is 4.98 Å². The van der Waals surface area contributed by atoms with Gasteiger partial charge in [0, 0.05) is 13.2 Å². The Morgan fingerprint density at radius 1 is 1.52 bits per heavy atom. The highest BCUT2D eigenvalue weighted by atomic mass is 32.2. The molecule has 0 radical (unpaired) electrons. The van der Waals surface area contributed by atoms with Crippen LogP contribution >= 0.6 is 11.8 Å². The van der Waals surface area contributed by atoms with Crippen molar-refractivity contribution < 1.29 is 9.90 Å². The van der Waals surface area contributed by atoms with E-state index in [0.29, 0.717) is 13.0 Å². The maximum Gasteiger partial charge on any atom is 0.251 e. The lowest BCUT2D eigenvalue weighted by Gasteiger charge is -2.20. The van der Waals surface area contributed by atoms with E-state index in [-0.39, 0.29) is 5.91 Å². The van der Waals surface area contributed by atoms with E-state index < -0.39 is 6.10 Å². The molecule has 1 amide bonds. The van der Waals surface area contributed by atoms with Gasteiger partial charge in [-0.3, -0.25) is 4.79 Å². The lowest BCUT2D eigenvalue weighted by atomic mass is 10.2. The van der Waals surface area contributed by atoms with Crippen LogP contribution in [0.4, 0.5) is 0 Å². The summed E-state index contributed by atoms with van der Waals surface area (Å²) < 4.78 is 1.98. The predicted octanol–water partition coefficient (Wildman–Crippen LogP) is 1.72. The number of hydrogen-bond acceptors (Lipinski definition) is 4. The maximum atomic E-state index is 12.2. The molecule has 0 fully saturated rings. The molecular formula is C15H21N3O2S. The number of fused-ring (bicyclic) bond motifs is 1. The Hall–Kier alpha value is -1.53. The molecule has 21 heavy (non-hydrogen) atoms. The number of imidazole rings is 1. The van der Waals surface area contributed by atoms with Crippen LogP contribution in [0.3, 0.4) is 0 Å². The zero-order valence-electron chi connectivity index (χ0n) is 12.6. The van der Waals surface area contributed by atoms with E-state index in [2.05, 4.69) is 4.98 Å². The van der Waals surface area contributed by atoms with Crippen molar-refractivity contribution in [2.75, 3.05) is 19.1 Å². The number of nitrogens with zero attached hydrogens (tertiary/aromatic N) is 3. The number of aliphatic hydroxyl groups is 1. The summed E-state index contributed by atoms with van der Waals surface area (Å²) in [7, 11) is 1.71. The third-order valence-electron chi connectivity index (χ3n) is 3.47. The largest absolute Gasteiger partial charge is 0.383 e. The summed E-state index contributed by atoms with van der Waals surface area (Å²) in [5, 5.41) is 9.90. The molecule has 0 aliphatic heterocycles. The maximum absolute atomic E-state index is 12.2. The molecule has 5 nitrogen and oxygen atoms in total. The number of carbonyl (C=O) groups excluding carboxylic acids is 1. The lowest BCUT2D eigenvalue weighted by Crippen LogP contribution is -2.36. The summed E-state index contributed by atoms with van der Waals surface area (Å²) in [5.41, 5.74) is 2.74. The third kappa shape index (κ3) is 3.57. The topological polar surface area (TPSA) is 57.8 Å². The van der Waals surface area contributed by atoms with Gasteiger partial charge in [-0.1, -0.05) is 6.07 Å². The standard InChI is InChI=1S/C15H21N3O2S/c1-11-12(18-8-5-4-6-14(18)16-11)10-17(2)15(20)13(19)7-9-21-3/h4-6,8,13,19H,7,9-10H2,1-3H3/t13-/m1/s1. The Balaban J connectivity index is 2.12. The SMILES string of the molecule is CSCC[C@@H](O)C(=O)N(C)Cc1c(C)nc2ccccn12. The summed E-state index contributed by atoms with van der Waals surface area (Å²) in [4.78, 5) is 18.2. The average molecular weight is 307 g/mol. The molecule has 2 rings (SSSR count). The molecule has 2 heterocycles. The minimum atomic E-state index is -0.929. The number of aliphatic hydroxyl groups excluding tert-OH is 1. The van der Waals surface area contributed by atoms with Crippen molar-refractivity contribution >= 4 is 23.3 Å². The van der Waals surface area contributed by atoms with Gasteiger partial charge < -0.3 is 14.4 Å². The highest BCUT2D eigenvalue weighted by Crippen LogP contribution is 2.14. The van der Waals surface area contributed by atoms with Crippen molar-refractivity contribution in [3.05, 3.63) is 35.8 Å². The van der Waals surface area contributed by atoms with Crippen molar-refractivity contribution in [1.82, 2.24) is 14.3 Å². The van der Waals surface area contributed by atoms with E-state index in [1.807, 2.05) is 42.0 Å². The highest BCUT2D eigenvalue weighted by Gasteiger charge is 2.21. The quantitative estimate of drug-likeness (QED) is 0.883. The van der Waals surface area contributed by atoms with E-state index in [0.717, 1.165) is 22.8 Å². The molecule has 0 bridgehead atoms. The first kappa shape index (κ1) is 15.9. The molecule has 114 valence electrons. The number of rotatable bonds is 6. The van der Waals surface area contributed by atoms with Gasteiger partial charge in [0.05, 0.1) is 17.9 Å². The van der Waals surface area contributed by atoms with Crippen molar-refractivity contribution in [1.29, 1.82) is 0 Å².